The highest BCUT2D eigenvalue weighted by atomic mass is 32.2. The first-order valence-corrected chi connectivity index (χ1v) is 22.0. The molecule has 2 nitrogen and oxygen atoms in total. The van der Waals surface area contributed by atoms with Gasteiger partial charge in [0.05, 0.1) is 5.69 Å². The zero-order chi connectivity index (χ0) is 38.9. The summed E-state index contributed by atoms with van der Waals surface area (Å²) in [4.78, 5) is 7.51. The van der Waals surface area contributed by atoms with Crippen molar-refractivity contribution in [3.05, 3.63) is 162 Å². The Kier molecular flexibility index (Phi) is 9.18. The second-order valence-electron chi connectivity index (χ2n) is 16.6. The molecule has 0 unspecified atom stereocenters. The van der Waals surface area contributed by atoms with Crippen LogP contribution in [0.4, 0.5) is 17.1 Å². The molecule has 3 heterocycles. The fraction of sp³-hybridized carbons (Fsp3) is 0.176. The monoisotopic (exact) mass is 773 g/mol. The van der Waals surface area contributed by atoms with E-state index in [9.17, 15) is 0 Å². The van der Waals surface area contributed by atoms with Crippen molar-refractivity contribution >= 4 is 86.8 Å². The van der Waals surface area contributed by atoms with E-state index in [0.717, 1.165) is 28.6 Å². The Morgan fingerprint density at radius 2 is 0.947 bits per heavy atom. The first-order valence-electron chi connectivity index (χ1n) is 20.4. The lowest BCUT2D eigenvalue weighted by Gasteiger charge is -2.37. The van der Waals surface area contributed by atoms with Crippen LogP contribution >= 0.6 is 23.5 Å². The van der Waals surface area contributed by atoms with Crippen molar-refractivity contribution in [2.45, 2.75) is 78.9 Å². The molecule has 0 saturated carbocycles. The first kappa shape index (κ1) is 36.3. The Morgan fingerprint density at radius 1 is 0.421 bits per heavy atom. The maximum atomic E-state index is 7.21. The number of hydrogen-bond donors (Lipinski definition) is 0. The van der Waals surface area contributed by atoms with Crippen LogP contribution in [0.5, 0.6) is 11.5 Å². The van der Waals surface area contributed by atoms with Gasteiger partial charge in [-0.05, 0) is 93.9 Å². The zero-order valence-electron chi connectivity index (χ0n) is 33.4. The SMILES string of the molecule is CC(C)c1cc(C(C)C)c(B2c3ccccc3Sc3cc4c(cc32)B2c3ccccc3Sc3cc(N(c5ccccc5)c5ccccc5)cc(c32)O4)c(C(C)C)c1. The van der Waals surface area contributed by atoms with E-state index in [1.165, 1.54) is 69.0 Å². The van der Waals surface area contributed by atoms with Gasteiger partial charge in [-0.25, -0.2) is 0 Å². The van der Waals surface area contributed by atoms with Gasteiger partial charge < -0.3 is 9.64 Å². The summed E-state index contributed by atoms with van der Waals surface area (Å²) in [5.74, 6) is 3.13. The summed E-state index contributed by atoms with van der Waals surface area (Å²) in [5, 5.41) is 0. The van der Waals surface area contributed by atoms with Crippen LogP contribution in [0.15, 0.2) is 165 Å². The highest BCUT2D eigenvalue weighted by Crippen LogP contribution is 2.44. The summed E-state index contributed by atoms with van der Waals surface area (Å²) in [6, 6.07) is 54.1. The van der Waals surface area contributed by atoms with Crippen molar-refractivity contribution in [1.29, 1.82) is 0 Å². The van der Waals surface area contributed by atoms with Crippen LogP contribution in [0.2, 0.25) is 0 Å². The molecule has 0 atom stereocenters. The number of anilines is 3. The molecule has 6 heteroatoms. The second kappa shape index (κ2) is 14.4. The molecule has 57 heavy (non-hydrogen) atoms. The third-order valence-electron chi connectivity index (χ3n) is 12.0. The van der Waals surface area contributed by atoms with E-state index in [1.54, 1.807) is 0 Å². The molecule has 0 spiro atoms. The van der Waals surface area contributed by atoms with Gasteiger partial charge in [-0.15, -0.1) is 0 Å². The molecular weight excluding hydrogens is 728 g/mol. The summed E-state index contributed by atoms with van der Waals surface area (Å²) in [7, 11) is 0. The van der Waals surface area contributed by atoms with E-state index in [1.807, 2.05) is 23.5 Å². The molecule has 3 aliphatic heterocycles. The van der Waals surface area contributed by atoms with Gasteiger partial charge in [-0.3, -0.25) is 0 Å². The minimum absolute atomic E-state index is 0.0535. The van der Waals surface area contributed by atoms with Crippen LogP contribution in [0.25, 0.3) is 0 Å². The van der Waals surface area contributed by atoms with Gasteiger partial charge in [0.25, 0.3) is 6.71 Å². The molecule has 10 rings (SSSR count). The lowest BCUT2D eigenvalue weighted by Crippen LogP contribution is -2.62. The molecule has 0 radical (unpaired) electrons. The van der Waals surface area contributed by atoms with Crippen LogP contribution in [0, 0.1) is 0 Å². The third-order valence-corrected chi connectivity index (χ3v) is 14.3. The predicted molar refractivity (Wildman–Crippen MR) is 247 cm³/mol. The fourth-order valence-electron chi connectivity index (χ4n) is 9.28. The molecule has 0 aliphatic carbocycles. The normalized spacial score (nSPS) is 13.5. The lowest BCUT2D eigenvalue weighted by molar-refractivity contribution is 0.485. The van der Waals surface area contributed by atoms with Gasteiger partial charge in [0.15, 0.2) is 0 Å². The van der Waals surface area contributed by atoms with Gasteiger partial charge in [0, 0.05) is 37.0 Å². The second-order valence-corrected chi connectivity index (χ2v) is 18.8. The van der Waals surface area contributed by atoms with E-state index in [2.05, 4.69) is 192 Å². The smallest absolute Gasteiger partial charge is 0.253 e. The van der Waals surface area contributed by atoms with Crippen molar-refractivity contribution in [1.82, 2.24) is 0 Å². The van der Waals surface area contributed by atoms with Gasteiger partial charge in [-0.2, -0.15) is 0 Å². The Morgan fingerprint density at radius 3 is 1.51 bits per heavy atom. The van der Waals surface area contributed by atoms with Crippen molar-refractivity contribution in [3.8, 4) is 11.5 Å². The van der Waals surface area contributed by atoms with Gasteiger partial charge in [0.2, 0.25) is 6.71 Å². The Labute approximate surface area is 347 Å². The van der Waals surface area contributed by atoms with E-state index in [0.29, 0.717) is 17.8 Å². The summed E-state index contributed by atoms with van der Waals surface area (Å²) in [6.07, 6.45) is 0. The van der Waals surface area contributed by atoms with Crippen molar-refractivity contribution in [2.24, 2.45) is 0 Å². The van der Waals surface area contributed by atoms with Gasteiger partial charge in [0.1, 0.15) is 11.5 Å². The number of rotatable bonds is 7. The largest absolute Gasteiger partial charge is 0.458 e. The van der Waals surface area contributed by atoms with Crippen molar-refractivity contribution < 1.29 is 4.74 Å². The molecular formula is C51H45B2NOS2. The van der Waals surface area contributed by atoms with Gasteiger partial charge in [-0.1, -0.05) is 178 Å². The van der Waals surface area contributed by atoms with Crippen LogP contribution in [0.3, 0.4) is 0 Å². The van der Waals surface area contributed by atoms with Crippen molar-refractivity contribution in [2.75, 3.05) is 4.90 Å². The maximum Gasteiger partial charge on any atom is 0.253 e. The van der Waals surface area contributed by atoms with E-state index < -0.39 is 0 Å². The molecule has 7 aromatic rings. The first-order chi connectivity index (χ1) is 27.7. The van der Waals surface area contributed by atoms with Crippen LogP contribution in [-0.4, -0.2) is 13.4 Å². The summed E-state index contributed by atoms with van der Waals surface area (Å²) < 4.78 is 7.21. The van der Waals surface area contributed by atoms with Gasteiger partial charge >= 0.3 is 0 Å². The van der Waals surface area contributed by atoms with E-state index in [4.69, 9.17) is 4.74 Å². The Balaban J connectivity index is 1.20. The number of fused-ring (bicyclic) bond motifs is 6. The number of para-hydroxylation sites is 2. The van der Waals surface area contributed by atoms with E-state index in [-0.39, 0.29) is 13.4 Å². The van der Waals surface area contributed by atoms with Crippen LogP contribution in [-0.2, 0) is 0 Å². The summed E-state index contributed by atoms with van der Waals surface area (Å²) in [6.45, 7) is 14.3. The van der Waals surface area contributed by atoms with Crippen LogP contribution in [0.1, 0.15) is 76.0 Å². The Hall–Kier alpha value is -5.03. The molecule has 0 saturated heterocycles. The molecule has 7 aromatic carbocycles. The topological polar surface area (TPSA) is 12.5 Å². The molecule has 0 N–H and O–H groups in total. The van der Waals surface area contributed by atoms with Crippen LogP contribution < -0.4 is 42.4 Å². The highest BCUT2D eigenvalue weighted by Gasteiger charge is 2.43. The summed E-state index contributed by atoms with van der Waals surface area (Å²) in [5.41, 5.74) is 15.8. The molecule has 3 aliphatic rings. The molecule has 0 amide bonds. The van der Waals surface area contributed by atoms with E-state index >= 15 is 0 Å². The standard InChI is InChI=1S/C51H45B2NOS2/c1-31(2)34-25-38(32(3)4)50(39(26-34)33(5)6)53-41-22-14-15-23-46(41)56-48-30-44-42(29-43(48)53)52-40-21-13-16-24-47(40)57-49-28-37(27-45(55-44)51(49)52)54(35-17-9-7-10-18-35)36-19-11-8-12-20-36/h7-33H,1-6H3. The summed E-state index contributed by atoms with van der Waals surface area (Å²) >= 11 is 3.76. The lowest BCUT2D eigenvalue weighted by atomic mass is 9.32. The average Bonchev–Trinajstić information content (AvgIpc) is 3.22. The zero-order valence-corrected chi connectivity index (χ0v) is 35.0. The fourth-order valence-corrected chi connectivity index (χ4v) is 11.6. The molecule has 0 aromatic heterocycles. The molecule has 0 bridgehead atoms. The van der Waals surface area contributed by atoms with Crippen molar-refractivity contribution in [3.63, 3.8) is 0 Å². The Bertz CT molecular complexity index is 2610. The minimum Gasteiger partial charge on any atom is -0.458 e. The number of nitrogens with zero attached hydrogens (tertiary/aromatic N) is 1. The highest BCUT2D eigenvalue weighted by molar-refractivity contribution is 8.00. The predicted octanol–water partition coefficient (Wildman–Crippen LogP) is 10.6. The quantitative estimate of drug-likeness (QED) is 0.150. The molecule has 278 valence electrons. The average molecular weight is 774 g/mol. The third kappa shape index (κ3) is 6.15. The number of ether oxygens (including phenoxy) is 1. The number of benzene rings is 7. The number of hydrogen-bond acceptors (Lipinski definition) is 4. The maximum absolute atomic E-state index is 7.21. The minimum atomic E-state index is 0.0535. The molecule has 0 fully saturated rings.